The lowest BCUT2D eigenvalue weighted by atomic mass is 9.75. The van der Waals surface area contributed by atoms with E-state index in [0.717, 1.165) is 12.8 Å². The van der Waals surface area contributed by atoms with E-state index in [1.165, 1.54) is 12.1 Å². The van der Waals surface area contributed by atoms with Crippen molar-refractivity contribution < 1.29 is 14.6 Å². The molecule has 0 aromatic heterocycles. The van der Waals surface area contributed by atoms with Crippen LogP contribution in [0.15, 0.2) is 24.3 Å². The Morgan fingerprint density at radius 1 is 1.35 bits per heavy atom. The predicted octanol–water partition coefficient (Wildman–Crippen LogP) is 2.80. The van der Waals surface area contributed by atoms with Crippen molar-refractivity contribution in [2.24, 2.45) is 5.92 Å². The number of aliphatic hydroxyl groups excluding tert-OH is 1. The van der Waals surface area contributed by atoms with Crippen molar-refractivity contribution in [1.82, 2.24) is 0 Å². The second kappa shape index (κ2) is 4.75. The molecule has 1 aliphatic carbocycles. The molecule has 0 radical (unpaired) electrons. The van der Waals surface area contributed by atoms with Crippen LogP contribution in [0.25, 0.3) is 0 Å². The number of hydrogen-bond acceptors (Lipinski definition) is 2. The minimum Gasteiger partial charge on any atom is -0.387 e. The Balaban J connectivity index is 2.16. The maximum absolute atomic E-state index is 13.1. The van der Waals surface area contributed by atoms with Crippen LogP contribution >= 0.6 is 0 Å². The molecule has 0 aliphatic heterocycles. The van der Waals surface area contributed by atoms with Gasteiger partial charge in [0.15, 0.2) is 0 Å². The molecule has 1 aromatic carbocycles. The van der Waals surface area contributed by atoms with Gasteiger partial charge in [0, 0.05) is 0 Å². The standard InChI is InChI=1S/C14H19FO2/c1-10-5-7-14(17,8-6-10)13(16)11-3-2-4-12(15)9-11/h2-4,9-10,13,16-17H,5-8H2,1H3. The van der Waals surface area contributed by atoms with Crippen LogP contribution in [0.1, 0.15) is 44.3 Å². The van der Waals surface area contributed by atoms with Crippen LogP contribution in [0.3, 0.4) is 0 Å². The molecule has 1 unspecified atom stereocenters. The Kier molecular flexibility index (Phi) is 3.50. The highest BCUT2D eigenvalue weighted by molar-refractivity contribution is 5.21. The highest BCUT2D eigenvalue weighted by Crippen LogP contribution is 2.40. The zero-order chi connectivity index (χ0) is 12.5. The first-order valence-corrected chi connectivity index (χ1v) is 6.17. The van der Waals surface area contributed by atoms with Crippen LogP contribution in [0.4, 0.5) is 4.39 Å². The number of aliphatic hydroxyl groups is 2. The highest BCUT2D eigenvalue weighted by Gasteiger charge is 2.39. The minimum atomic E-state index is -1.10. The molecule has 0 bridgehead atoms. The Hall–Kier alpha value is -0.930. The summed E-state index contributed by atoms with van der Waals surface area (Å²) in [5, 5.41) is 20.6. The van der Waals surface area contributed by atoms with Crippen LogP contribution in [-0.2, 0) is 0 Å². The van der Waals surface area contributed by atoms with E-state index in [-0.39, 0.29) is 5.82 Å². The molecule has 1 atom stereocenters. The molecule has 17 heavy (non-hydrogen) atoms. The summed E-state index contributed by atoms with van der Waals surface area (Å²) in [5.74, 6) is 0.212. The fraction of sp³-hybridized carbons (Fsp3) is 0.571. The number of hydrogen-bond donors (Lipinski definition) is 2. The van der Waals surface area contributed by atoms with Gasteiger partial charge in [-0.2, -0.15) is 0 Å². The van der Waals surface area contributed by atoms with Crippen molar-refractivity contribution in [3.05, 3.63) is 35.6 Å². The molecular formula is C14H19FO2. The Bertz CT molecular complexity index is 384. The first-order valence-electron chi connectivity index (χ1n) is 6.17. The fourth-order valence-corrected chi connectivity index (χ4v) is 2.52. The van der Waals surface area contributed by atoms with E-state index in [2.05, 4.69) is 6.92 Å². The molecule has 3 heteroatoms. The molecule has 2 N–H and O–H groups in total. The van der Waals surface area contributed by atoms with Crippen LogP contribution < -0.4 is 0 Å². The molecule has 0 saturated heterocycles. The van der Waals surface area contributed by atoms with Crippen molar-refractivity contribution in [2.75, 3.05) is 0 Å². The molecule has 1 aliphatic rings. The quantitative estimate of drug-likeness (QED) is 0.831. The number of rotatable bonds is 2. The Labute approximate surface area is 101 Å². The number of benzene rings is 1. The van der Waals surface area contributed by atoms with Crippen molar-refractivity contribution in [3.8, 4) is 0 Å². The molecule has 94 valence electrons. The predicted molar refractivity (Wildman–Crippen MR) is 63.9 cm³/mol. The molecule has 2 rings (SSSR count). The van der Waals surface area contributed by atoms with Crippen LogP contribution in [0.5, 0.6) is 0 Å². The van der Waals surface area contributed by atoms with Crippen molar-refractivity contribution in [2.45, 2.75) is 44.3 Å². The van der Waals surface area contributed by atoms with Gasteiger partial charge in [-0.05, 0) is 49.3 Å². The van der Waals surface area contributed by atoms with Crippen molar-refractivity contribution in [3.63, 3.8) is 0 Å². The summed E-state index contributed by atoms with van der Waals surface area (Å²) in [6.07, 6.45) is 1.97. The largest absolute Gasteiger partial charge is 0.387 e. The van der Waals surface area contributed by atoms with E-state index in [1.54, 1.807) is 12.1 Å². The molecule has 2 nitrogen and oxygen atoms in total. The third-order valence-corrected chi connectivity index (χ3v) is 3.81. The number of halogens is 1. The van der Waals surface area contributed by atoms with Crippen LogP contribution in [0.2, 0.25) is 0 Å². The fourth-order valence-electron chi connectivity index (χ4n) is 2.52. The molecular weight excluding hydrogens is 219 g/mol. The first-order chi connectivity index (χ1) is 8.01. The van der Waals surface area contributed by atoms with Gasteiger partial charge >= 0.3 is 0 Å². The second-order valence-corrected chi connectivity index (χ2v) is 5.24. The van der Waals surface area contributed by atoms with Gasteiger partial charge in [-0.3, -0.25) is 0 Å². The van der Waals surface area contributed by atoms with E-state index in [4.69, 9.17) is 0 Å². The zero-order valence-electron chi connectivity index (χ0n) is 10.1. The molecule has 0 amide bonds. The van der Waals surface area contributed by atoms with Crippen molar-refractivity contribution in [1.29, 1.82) is 0 Å². The van der Waals surface area contributed by atoms with E-state index >= 15 is 0 Å². The van der Waals surface area contributed by atoms with Gasteiger partial charge in [0.05, 0.1) is 5.60 Å². The lowest BCUT2D eigenvalue weighted by Crippen LogP contribution is -2.39. The summed E-state index contributed by atoms with van der Waals surface area (Å²) >= 11 is 0. The van der Waals surface area contributed by atoms with E-state index in [1.807, 2.05) is 0 Å². The topological polar surface area (TPSA) is 40.5 Å². The molecule has 0 heterocycles. The zero-order valence-corrected chi connectivity index (χ0v) is 10.1. The third kappa shape index (κ3) is 2.67. The Morgan fingerprint density at radius 2 is 2.00 bits per heavy atom. The summed E-state index contributed by atoms with van der Waals surface area (Å²) in [4.78, 5) is 0. The molecule has 1 aromatic rings. The van der Waals surface area contributed by atoms with E-state index < -0.39 is 11.7 Å². The van der Waals surface area contributed by atoms with Gasteiger partial charge in [0.2, 0.25) is 0 Å². The lowest BCUT2D eigenvalue weighted by molar-refractivity contribution is -0.105. The monoisotopic (exact) mass is 238 g/mol. The smallest absolute Gasteiger partial charge is 0.123 e. The van der Waals surface area contributed by atoms with Gasteiger partial charge in [0.1, 0.15) is 11.9 Å². The van der Waals surface area contributed by atoms with E-state index in [0.29, 0.717) is 24.3 Å². The summed E-state index contributed by atoms with van der Waals surface area (Å²) < 4.78 is 13.1. The summed E-state index contributed by atoms with van der Waals surface area (Å²) in [6, 6.07) is 5.84. The van der Waals surface area contributed by atoms with E-state index in [9.17, 15) is 14.6 Å². The maximum atomic E-state index is 13.1. The summed E-state index contributed by atoms with van der Waals surface area (Å²) in [5.41, 5.74) is -0.637. The third-order valence-electron chi connectivity index (χ3n) is 3.81. The average molecular weight is 238 g/mol. The van der Waals surface area contributed by atoms with Gasteiger partial charge in [-0.15, -0.1) is 0 Å². The lowest BCUT2D eigenvalue weighted by Gasteiger charge is -2.38. The second-order valence-electron chi connectivity index (χ2n) is 5.24. The summed E-state index contributed by atoms with van der Waals surface area (Å²) in [7, 11) is 0. The van der Waals surface area contributed by atoms with Gasteiger partial charge in [-0.1, -0.05) is 19.1 Å². The summed E-state index contributed by atoms with van der Waals surface area (Å²) in [6.45, 7) is 2.15. The van der Waals surface area contributed by atoms with Crippen LogP contribution in [0, 0.1) is 11.7 Å². The van der Waals surface area contributed by atoms with Crippen molar-refractivity contribution >= 4 is 0 Å². The van der Waals surface area contributed by atoms with Gasteiger partial charge in [0.25, 0.3) is 0 Å². The van der Waals surface area contributed by atoms with Gasteiger partial charge < -0.3 is 10.2 Å². The SMILES string of the molecule is CC1CCC(O)(C(O)c2cccc(F)c2)CC1. The maximum Gasteiger partial charge on any atom is 0.123 e. The van der Waals surface area contributed by atoms with Crippen LogP contribution in [-0.4, -0.2) is 15.8 Å². The molecule has 1 saturated carbocycles. The average Bonchev–Trinajstić information content (AvgIpc) is 2.32. The Morgan fingerprint density at radius 3 is 2.59 bits per heavy atom. The first kappa shape index (κ1) is 12.5. The molecule has 1 fully saturated rings. The minimum absolute atomic E-state index is 0.380. The molecule has 0 spiro atoms. The normalized spacial score (nSPS) is 31.2. The van der Waals surface area contributed by atoms with Gasteiger partial charge in [-0.25, -0.2) is 4.39 Å². The highest BCUT2D eigenvalue weighted by atomic mass is 19.1.